The zero-order valence-corrected chi connectivity index (χ0v) is 14.4. The summed E-state index contributed by atoms with van der Waals surface area (Å²) in [6.45, 7) is 14.4. The molecule has 2 saturated carbocycles. The predicted molar refractivity (Wildman–Crippen MR) is 85.3 cm³/mol. The molecule has 0 aromatic heterocycles. The van der Waals surface area contributed by atoms with Crippen LogP contribution < -0.4 is 0 Å². The first-order chi connectivity index (χ1) is 10.3. The van der Waals surface area contributed by atoms with E-state index < -0.39 is 0 Å². The van der Waals surface area contributed by atoms with E-state index in [1.165, 1.54) is 19.3 Å². The monoisotopic (exact) mass is 307 g/mol. The highest BCUT2D eigenvalue weighted by Gasteiger charge is 2.61. The zero-order valence-electron chi connectivity index (χ0n) is 14.4. The Morgan fingerprint density at radius 2 is 1.82 bits per heavy atom. The van der Waals surface area contributed by atoms with Gasteiger partial charge in [0.25, 0.3) is 0 Å². The fraction of sp³-hybridized carbons (Fsp3) is 0.944. The SMILES string of the molecule is CC1(C)[C@H]2CC[C@](C)(C2)[C@H]1OC(=O)C[N+]12CCN(CC1)CC2. The van der Waals surface area contributed by atoms with Crippen molar-refractivity contribution in [1.82, 2.24) is 4.90 Å². The number of quaternary nitrogens is 1. The molecule has 3 aliphatic heterocycles. The summed E-state index contributed by atoms with van der Waals surface area (Å²) in [5.74, 6) is 0.795. The lowest BCUT2D eigenvalue weighted by atomic mass is 9.70. The van der Waals surface area contributed by atoms with E-state index in [1.54, 1.807) is 0 Å². The van der Waals surface area contributed by atoms with Gasteiger partial charge in [-0.2, -0.15) is 0 Å². The average Bonchev–Trinajstić information content (AvgIpc) is 2.96. The lowest BCUT2D eigenvalue weighted by molar-refractivity contribution is -0.934. The molecular weight excluding hydrogens is 276 g/mol. The largest absolute Gasteiger partial charge is 0.457 e. The van der Waals surface area contributed by atoms with Crippen LogP contribution in [0.2, 0.25) is 0 Å². The third kappa shape index (κ3) is 2.14. The second-order valence-electron chi connectivity index (χ2n) is 9.30. The highest BCUT2D eigenvalue weighted by atomic mass is 16.5. The van der Waals surface area contributed by atoms with Crippen molar-refractivity contribution in [3.05, 3.63) is 0 Å². The smallest absolute Gasteiger partial charge is 0.362 e. The summed E-state index contributed by atoms with van der Waals surface area (Å²) in [4.78, 5) is 15.2. The molecule has 4 bridgehead atoms. The van der Waals surface area contributed by atoms with Crippen LogP contribution in [0.4, 0.5) is 0 Å². The van der Waals surface area contributed by atoms with Crippen molar-refractivity contribution < 1.29 is 14.0 Å². The number of rotatable bonds is 3. The van der Waals surface area contributed by atoms with Gasteiger partial charge in [0, 0.05) is 30.5 Å². The number of piperazine rings is 3. The van der Waals surface area contributed by atoms with Crippen molar-refractivity contribution in [1.29, 1.82) is 0 Å². The Balaban J connectivity index is 1.44. The van der Waals surface area contributed by atoms with Crippen molar-refractivity contribution in [2.24, 2.45) is 16.7 Å². The highest BCUT2D eigenvalue weighted by molar-refractivity contribution is 5.71. The van der Waals surface area contributed by atoms with Crippen molar-refractivity contribution in [2.75, 3.05) is 45.8 Å². The van der Waals surface area contributed by atoms with Crippen LogP contribution in [-0.4, -0.2) is 67.3 Å². The maximum Gasteiger partial charge on any atom is 0.362 e. The Hall–Kier alpha value is -0.610. The van der Waals surface area contributed by atoms with E-state index >= 15 is 0 Å². The van der Waals surface area contributed by atoms with Gasteiger partial charge in [-0.1, -0.05) is 20.8 Å². The second-order valence-corrected chi connectivity index (χ2v) is 9.30. The van der Waals surface area contributed by atoms with E-state index in [9.17, 15) is 4.79 Å². The minimum atomic E-state index is 0.0576. The van der Waals surface area contributed by atoms with Gasteiger partial charge in [-0.05, 0) is 25.2 Å². The maximum atomic E-state index is 12.7. The number of fused-ring (bicyclic) bond motifs is 5. The van der Waals surface area contributed by atoms with Gasteiger partial charge in [-0.15, -0.1) is 0 Å². The molecule has 0 amide bonds. The fourth-order valence-electron chi connectivity index (χ4n) is 5.96. The molecule has 0 aromatic carbocycles. The number of hydrogen-bond acceptors (Lipinski definition) is 3. The molecule has 5 fully saturated rings. The summed E-state index contributed by atoms with van der Waals surface area (Å²) in [6.07, 6.45) is 3.91. The topological polar surface area (TPSA) is 29.5 Å². The standard InChI is InChI=1S/C18H31N2O2/c1-17(2)14-4-5-18(3,12-14)16(17)22-15(21)13-20-9-6-19(7-10-20)8-11-20/h14,16H,4-13H2,1-3H3/q+1/t14-,16-,18+/m0/s1. The third-order valence-electron chi connectivity index (χ3n) is 7.52. The number of carbonyl (C=O) groups excluding carboxylic acids is 1. The Morgan fingerprint density at radius 3 is 2.36 bits per heavy atom. The Morgan fingerprint density at radius 1 is 1.18 bits per heavy atom. The first kappa shape index (κ1) is 14.9. The highest BCUT2D eigenvalue weighted by Crippen LogP contribution is 2.63. The van der Waals surface area contributed by atoms with E-state index in [-0.39, 0.29) is 22.9 Å². The minimum absolute atomic E-state index is 0.0576. The van der Waals surface area contributed by atoms with Gasteiger partial charge in [-0.3, -0.25) is 4.90 Å². The summed E-state index contributed by atoms with van der Waals surface area (Å²) >= 11 is 0. The van der Waals surface area contributed by atoms with Gasteiger partial charge in [0.05, 0.1) is 19.6 Å². The van der Waals surface area contributed by atoms with E-state index in [2.05, 4.69) is 25.7 Å². The summed E-state index contributed by atoms with van der Waals surface area (Å²) in [7, 11) is 0. The second kappa shape index (κ2) is 4.70. The predicted octanol–water partition coefficient (Wildman–Crippen LogP) is 1.89. The lowest BCUT2D eigenvalue weighted by Crippen LogP contribution is -2.68. The normalized spacial score (nSPS) is 48.6. The third-order valence-corrected chi connectivity index (χ3v) is 7.52. The molecule has 4 heteroatoms. The van der Waals surface area contributed by atoms with Gasteiger partial charge in [0.15, 0.2) is 6.54 Å². The van der Waals surface area contributed by atoms with Crippen LogP contribution in [0.3, 0.4) is 0 Å². The number of ether oxygens (including phenoxy) is 1. The number of esters is 1. The molecule has 124 valence electrons. The molecule has 0 unspecified atom stereocenters. The molecule has 0 aromatic rings. The van der Waals surface area contributed by atoms with Gasteiger partial charge in [0.2, 0.25) is 0 Å². The maximum absolute atomic E-state index is 12.7. The van der Waals surface area contributed by atoms with Crippen LogP contribution in [-0.2, 0) is 9.53 Å². The van der Waals surface area contributed by atoms with Crippen LogP contribution in [0.5, 0.6) is 0 Å². The summed E-state index contributed by atoms with van der Waals surface area (Å²) in [5, 5.41) is 0. The molecule has 22 heavy (non-hydrogen) atoms. The molecular formula is C18H31N2O2+. The molecule has 5 rings (SSSR count). The lowest BCUT2D eigenvalue weighted by Gasteiger charge is -2.50. The zero-order chi connectivity index (χ0) is 15.6. The van der Waals surface area contributed by atoms with Gasteiger partial charge >= 0.3 is 5.97 Å². The molecule has 0 radical (unpaired) electrons. The van der Waals surface area contributed by atoms with Crippen LogP contribution in [0.15, 0.2) is 0 Å². The molecule has 0 spiro atoms. The minimum Gasteiger partial charge on any atom is -0.457 e. The Bertz CT molecular complexity index is 463. The van der Waals surface area contributed by atoms with Crippen LogP contribution >= 0.6 is 0 Å². The number of carbonyl (C=O) groups is 1. The Kier molecular flexibility index (Phi) is 3.19. The van der Waals surface area contributed by atoms with Crippen molar-refractivity contribution in [3.63, 3.8) is 0 Å². The Labute approximate surface area is 134 Å². The first-order valence-electron chi connectivity index (χ1n) is 9.10. The van der Waals surface area contributed by atoms with Crippen LogP contribution in [0.1, 0.15) is 40.0 Å². The molecule has 3 saturated heterocycles. The van der Waals surface area contributed by atoms with Gasteiger partial charge < -0.3 is 9.22 Å². The van der Waals surface area contributed by atoms with E-state index in [0.29, 0.717) is 6.54 Å². The molecule has 3 atom stereocenters. The van der Waals surface area contributed by atoms with Gasteiger partial charge in [0.1, 0.15) is 6.10 Å². The van der Waals surface area contributed by atoms with E-state index in [1.807, 2.05) is 0 Å². The summed E-state index contributed by atoms with van der Waals surface area (Å²) in [6, 6.07) is 0. The van der Waals surface area contributed by atoms with Crippen LogP contribution in [0.25, 0.3) is 0 Å². The summed E-state index contributed by atoms with van der Waals surface area (Å²) < 4.78 is 7.12. The first-order valence-corrected chi connectivity index (χ1v) is 9.10. The average molecular weight is 307 g/mol. The van der Waals surface area contributed by atoms with Crippen molar-refractivity contribution >= 4 is 5.97 Å². The molecule has 3 heterocycles. The van der Waals surface area contributed by atoms with Crippen molar-refractivity contribution in [3.8, 4) is 0 Å². The van der Waals surface area contributed by atoms with Crippen molar-refractivity contribution in [2.45, 2.75) is 46.1 Å². The quantitative estimate of drug-likeness (QED) is 0.589. The van der Waals surface area contributed by atoms with E-state index in [4.69, 9.17) is 4.74 Å². The summed E-state index contributed by atoms with van der Waals surface area (Å²) in [5.41, 5.74) is 0.383. The van der Waals surface area contributed by atoms with E-state index in [0.717, 1.165) is 49.7 Å². The molecule has 4 nitrogen and oxygen atoms in total. The molecule has 2 aliphatic carbocycles. The number of nitrogens with zero attached hydrogens (tertiary/aromatic N) is 2. The van der Waals surface area contributed by atoms with Crippen LogP contribution in [0, 0.1) is 16.7 Å². The fourth-order valence-corrected chi connectivity index (χ4v) is 5.96. The molecule has 5 aliphatic rings. The molecule has 0 N–H and O–H groups in total. The number of hydrogen-bond donors (Lipinski definition) is 0. The van der Waals surface area contributed by atoms with Gasteiger partial charge in [-0.25, -0.2) is 4.79 Å².